The van der Waals surface area contributed by atoms with E-state index < -0.39 is 18.0 Å². The van der Waals surface area contributed by atoms with Crippen LogP contribution in [-0.2, 0) is 20.8 Å². The fourth-order valence-corrected chi connectivity index (χ4v) is 3.16. The van der Waals surface area contributed by atoms with Gasteiger partial charge >= 0.3 is 0 Å². The van der Waals surface area contributed by atoms with E-state index >= 15 is 0 Å². The number of benzene rings is 2. The molecule has 0 amide bonds. The molecule has 3 atom stereocenters. The Kier molecular flexibility index (Phi) is 5.86. The Hall–Kier alpha value is -1.72. The van der Waals surface area contributed by atoms with Gasteiger partial charge in [-0.05, 0) is 31.4 Å². The number of hydrogen-bond acceptors (Lipinski definition) is 4. The number of aliphatic hydroxyl groups is 1. The zero-order valence-electron chi connectivity index (χ0n) is 14.8. The van der Waals surface area contributed by atoms with E-state index in [1.54, 1.807) is 0 Å². The molecule has 4 heteroatoms. The van der Waals surface area contributed by atoms with Gasteiger partial charge in [-0.15, -0.1) is 0 Å². The molecule has 1 aliphatic heterocycles. The number of aliphatic hydroxyl groups excluding tert-OH is 1. The van der Waals surface area contributed by atoms with Crippen molar-refractivity contribution in [3.63, 3.8) is 0 Å². The first-order valence-electron chi connectivity index (χ1n) is 8.75. The maximum absolute atomic E-state index is 10.7. The maximum atomic E-state index is 10.7. The van der Waals surface area contributed by atoms with E-state index in [1.165, 1.54) is 0 Å². The number of rotatable bonds is 7. The molecule has 0 spiro atoms. The minimum atomic E-state index is -0.720. The summed E-state index contributed by atoms with van der Waals surface area (Å²) >= 11 is 0. The van der Waals surface area contributed by atoms with Crippen LogP contribution in [0, 0.1) is 0 Å². The Morgan fingerprint density at radius 1 is 1.00 bits per heavy atom. The van der Waals surface area contributed by atoms with Crippen LogP contribution in [0.25, 0.3) is 0 Å². The molecule has 0 radical (unpaired) electrons. The average Bonchev–Trinajstić information content (AvgIpc) is 2.94. The fourth-order valence-electron chi connectivity index (χ4n) is 3.16. The van der Waals surface area contributed by atoms with Crippen LogP contribution in [0.2, 0.25) is 0 Å². The Labute approximate surface area is 149 Å². The highest BCUT2D eigenvalue weighted by Crippen LogP contribution is 2.36. The molecule has 25 heavy (non-hydrogen) atoms. The van der Waals surface area contributed by atoms with Crippen LogP contribution < -0.4 is 0 Å². The summed E-state index contributed by atoms with van der Waals surface area (Å²) < 4.78 is 17.7. The van der Waals surface area contributed by atoms with E-state index in [1.807, 2.05) is 74.5 Å². The average molecular weight is 342 g/mol. The van der Waals surface area contributed by atoms with Gasteiger partial charge in [0.25, 0.3) is 0 Å². The van der Waals surface area contributed by atoms with E-state index in [2.05, 4.69) is 0 Å². The summed E-state index contributed by atoms with van der Waals surface area (Å²) in [6, 6.07) is 19.6. The third kappa shape index (κ3) is 4.89. The van der Waals surface area contributed by atoms with Gasteiger partial charge in [-0.25, -0.2) is 0 Å². The first-order chi connectivity index (χ1) is 12.1. The topological polar surface area (TPSA) is 47.9 Å². The zero-order valence-corrected chi connectivity index (χ0v) is 14.8. The predicted octanol–water partition coefficient (Wildman–Crippen LogP) is 3.85. The van der Waals surface area contributed by atoms with Crippen molar-refractivity contribution in [2.45, 2.75) is 51.0 Å². The second-order valence-electron chi connectivity index (χ2n) is 6.82. The summed E-state index contributed by atoms with van der Waals surface area (Å²) in [5.74, 6) is -0.704. The molecule has 1 unspecified atom stereocenters. The third-order valence-corrected chi connectivity index (χ3v) is 4.33. The molecule has 1 N–H and O–H groups in total. The highest BCUT2D eigenvalue weighted by molar-refractivity contribution is 5.19. The fraction of sp³-hybridized carbons (Fsp3) is 0.429. The molecular weight excluding hydrogens is 316 g/mol. The van der Waals surface area contributed by atoms with Gasteiger partial charge in [0, 0.05) is 6.61 Å². The predicted molar refractivity (Wildman–Crippen MR) is 95.9 cm³/mol. The van der Waals surface area contributed by atoms with E-state index in [-0.39, 0.29) is 6.10 Å². The van der Waals surface area contributed by atoms with Crippen molar-refractivity contribution in [2.24, 2.45) is 0 Å². The minimum Gasteiger partial charge on any atom is -0.386 e. The van der Waals surface area contributed by atoms with Crippen molar-refractivity contribution in [3.8, 4) is 0 Å². The standard InChI is InChI=1S/C21H26O4/c1-21(2)24-18(13-14-23-15-16-9-5-3-6-10-16)20(25-21)19(22)17-11-7-4-8-12-17/h3-12,18-20,22H,13-15H2,1-2H3/t18-,19?,20+/m1/s1. The van der Waals surface area contributed by atoms with Crippen LogP contribution in [0.5, 0.6) is 0 Å². The van der Waals surface area contributed by atoms with Gasteiger partial charge in [0.05, 0.1) is 12.7 Å². The van der Waals surface area contributed by atoms with Crippen molar-refractivity contribution in [1.82, 2.24) is 0 Å². The summed E-state index contributed by atoms with van der Waals surface area (Å²) in [7, 11) is 0. The van der Waals surface area contributed by atoms with Gasteiger partial charge in [-0.3, -0.25) is 0 Å². The molecule has 1 heterocycles. The number of hydrogen-bond donors (Lipinski definition) is 1. The number of ether oxygens (including phenoxy) is 3. The van der Waals surface area contributed by atoms with Crippen molar-refractivity contribution in [2.75, 3.05) is 6.61 Å². The summed E-state index contributed by atoms with van der Waals surface area (Å²) in [5.41, 5.74) is 1.98. The lowest BCUT2D eigenvalue weighted by Crippen LogP contribution is -2.30. The molecular formula is C21H26O4. The van der Waals surface area contributed by atoms with Crippen molar-refractivity contribution in [1.29, 1.82) is 0 Å². The molecule has 0 aromatic heterocycles. The van der Waals surface area contributed by atoms with E-state index in [0.717, 1.165) is 11.1 Å². The molecule has 1 fully saturated rings. The van der Waals surface area contributed by atoms with Crippen LogP contribution in [0.15, 0.2) is 60.7 Å². The lowest BCUT2D eigenvalue weighted by Gasteiger charge is -2.22. The summed E-state index contributed by atoms with van der Waals surface area (Å²) in [5, 5.41) is 10.7. The van der Waals surface area contributed by atoms with E-state index in [9.17, 15) is 5.11 Å². The van der Waals surface area contributed by atoms with Crippen molar-refractivity contribution < 1.29 is 19.3 Å². The minimum absolute atomic E-state index is 0.207. The molecule has 2 aromatic carbocycles. The van der Waals surface area contributed by atoms with Crippen molar-refractivity contribution >= 4 is 0 Å². The van der Waals surface area contributed by atoms with Gasteiger partial charge < -0.3 is 19.3 Å². The highest BCUT2D eigenvalue weighted by Gasteiger charge is 2.44. The van der Waals surface area contributed by atoms with Gasteiger partial charge in [-0.1, -0.05) is 60.7 Å². The van der Waals surface area contributed by atoms with E-state index in [4.69, 9.17) is 14.2 Å². The SMILES string of the molecule is CC1(C)O[C@H](C(O)c2ccccc2)[C@@H](CCOCc2ccccc2)O1. The monoisotopic (exact) mass is 342 g/mol. The molecule has 1 aliphatic rings. The Morgan fingerprint density at radius 2 is 1.64 bits per heavy atom. The molecule has 0 saturated carbocycles. The van der Waals surface area contributed by atoms with Gasteiger partial charge in [0.15, 0.2) is 5.79 Å². The molecule has 3 rings (SSSR count). The van der Waals surface area contributed by atoms with Gasteiger partial charge in [0.1, 0.15) is 12.2 Å². The lowest BCUT2D eigenvalue weighted by molar-refractivity contribution is -0.156. The first-order valence-corrected chi connectivity index (χ1v) is 8.75. The Morgan fingerprint density at radius 3 is 2.32 bits per heavy atom. The molecule has 4 nitrogen and oxygen atoms in total. The molecule has 134 valence electrons. The highest BCUT2D eigenvalue weighted by atomic mass is 16.8. The zero-order chi connectivity index (χ0) is 17.7. The van der Waals surface area contributed by atoms with Crippen LogP contribution in [-0.4, -0.2) is 29.7 Å². The van der Waals surface area contributed by atoms with Crippen LogP contribution in [0.1, 0.15) is 37.5 Å². The smallest absolute Gasteiger partial charge is 0.163 e. The normalized spacial score (nSPS) is 23.5. The van der Waals surface area contributed by atoms with Gasteiger partial charge in [0.2, 0.25) is 0 Å². The molecule has 0 bridgehead atoms. The largest absolute Gasteiger partial charge is 0.386 e. The maximum Gasteiger partial charge on any atom is 0.163 e. The molecule has 2 aromatic rings. The summed E-state index contributed by atoms with van der Waals surface area (Å²) in [6.07, 6.45) is -0.661. The molecule has 1 saturated heterocycles. The van der Waals surface area contributed by atoms with Crippen LogP contribution in [0.3, 0.4) is 0 Å². The Balaban J connectivity index is 1.56. The van der Waals surface area contributed by atoms with Crippen LogP contribution >= 0.6 is 0 Å². The van der Waals surface area contributed by atoms with Crippen molar-refractivity contribution in [3.05, 3.63) is 71.8 Å². The Bertz CT molecular complexity index is 641. The summed E-state index contributed by atoms with van der Waals surface area (Å²) in [4.78, 5) is 0. The quantitative estimate of drug-likeness (QED) is 0.777. The second kappa shape index (κ2) is 8.11. The van der Waals surface area contributed by atoms with E-state index in [0.29, 0.717) is 19.6 Å². The molecule has 0 aliphatic carbocycles. The van der Waals surface area contributed by atoms with Gasteiger partial charge in [-0.2, -0.15) is 0 Å². The summed E-state index contributed by atoms with van der Waals surface area (Å²) in [6.45, 7) is 4.88. The third-order valence-electron chi connectivity index (χ3n) is 4.33. The second-order valence-corrected chi connectivity index (χ2v) is 6.82. The lowest BCUT2D eigenvalue weighted by atomic mass is 9.99. The first kappa shape index (κ1) is 18.1. The van der Waals surface area contributed by atoms with Crippen LogP contribution in [0.4, 0.5) is 0 Å².